The van der Waals surface area contributed by atoms with Gasteiger partial charge in [-0.2, -0.15) is 0 Å². The number of hydrogen-bond donors (Lipinski definition) is 0. The van der Waals surface area contributed by atoms with Gasteiger partial charge in [0, 0.05) is 4.88 Å². The minimum absolute atomic E-state index is 0.319. The van der Waals surface area contributed by atoms with Gasteiger partial charge in [-0.3, -0.25) is 0 Å². The molecule has 1 heterocycles. The van der Waals surface area contributed by atoms with Crippen molar-refractivity contribution in [3.05, 3.63) is 15.0 Å². The Labute approximate surface area is 79.3 Å². The molecular formula is C7H8ClNO2S. The van der Waals surface area contributed by atoms with Crippen molar-refractivity contribution in [3.8, 4) is 0 Å². The van der Waals surface area contributed by atoms with Gasteiger partial charge in [0.15, 0.2) is 0 Å². The summed E-state index contributed by atoms with van der Waals surface area (Å²) in [5.74, 6) is -0.405. The Morgan fingerprint density at radius 2 is 2.42 bits per heavy atom. The minimum atomic E-state index is -0.405. The fraction of sp³-hybridized carbons (Fsp3) is 0.429. The number of aryl methyl sites for hydroxylation is 1. The van der Waals surface area contributed by atoms with Crippen LogP contribution in [0.5, 0.6) is 0 Å². The van der Waals surface area contributed by atoms with E-state index in [1.165, 1.54) is 11.3 Å². The van der Waals surface area contributed by atoms with Crippen LogP contribution >= 0.6 is 22.9 Å². The summed E-state index contributed by atoms with van der Waals surface area (Å²) in [5, 5.41) is 0.697. The molecule has 0 aliphatic rings. The van der Waals surface area contributed by atoms with Crippen molar-refractivity contribution in [2.45, 2.75) is 13.8 Å². The molecule has 0 radical (unpaired) electrons. The molecule has 5 heteroatoms. The predicted octanol–water partition coefficient (Wildman–Crippen LogP) is 2.28. The standard InChI is InChI=1S/C7H8ClNO2S/c1-3-11-7(10)6-9-5(8)4(2)12-6/h3H2,1-2H3. The van der Waals surface area contributed by atoms with Crippen molar-refractivity contribution in [2.75, 3.05) is 6.61 Å². The number of rotatable bonds is 2. The molecule has 12 heavy (non-hydrogen) atoms. The molecule has 0 unspecified atom stereocenters. The maximum absolute atomic E-state index is 11.1. The van der Waals surface area contributed by atoms with Gasteiger partial charge in [-0.25, -0.2) is 9.78 Å². The summed E-state index contributed by atoms with van der Waals surface area (Å²) < 4.78 is 4.75. The smallest absolute Gasteiger partial charge is 0.367 e. The first-order valence-corrected chi connectivity index (χ1v) is 4.64. The fourth-order valence-electron chi connectivity index (χ4n) is 0.658. The molecule has 0 aliphatic heterocycles. The summed E-state index contributed by atoms with van der Waals surface area (Å²) in [6, 6.07) is 0. The maximum atomic E-state index is 11.1. The average molecular weight is 206 g/mol. The van der Waals surface area contributed by atoms with Gasteiger partial charge in [0.25, 0.3) is 0 Å². The van der Waals surface area contributed by atoms with E-state index in [-0.39, 0.29) is 0 Å². The van der Waals surface area contributed by atoms with Gasteiger partial charge in [0.1, 0.15) is 5.15 Å². The number of ether oxygens (including phenoxy) is 1. The third-order valence-electron chi connectivity index (χ3n) is 1.19. The quantitative estimate of drug-likeness (QED) is 0.696. The lowest BCUT2D eigenvalue weighted by atomic mass is 10.6. The summed E-state index contributed by atoms with van der Waals surface area (Å²) >= 11 is 6.91. The van der Waals surface area contributed by atoms with Crippen molar-refractivity contribution in [2.24, 2.45) is 0 Å². The number of carbonyl (C=O) groups excluding carboxylic acids is 1. The van der Waals surface area contributed by atoms with Crippen molar-refractivity contribution >= 4 is 28.9 Å². The van der Waals surface area contributed by atoms with Crippen molar-refractivity contribution in [1.29, 1.82) is 0 Å². The molecule has 66 valence electrons. The number of nitrogens with zero attached hydrogens (tertiary/aromatic N) is 1. The normalized spacial score (nSPS) is 9.92. The second-order valence-corrected chi connectivity index (χ2v) is 3.65. The molecule has 0 aromatic carbocycles. The van der Waals surface area contributed by atoms with Gasteiger partial charge in [0.2, 0.25) is 5.01 Å². The van der Waals surface area contributed by atoms with Crippen LogP contribution < -0.4 is 0 Å². The third kappa shape index (κ3) is 1.95. The molecule has 0 saturated heterocycles. The average Bonchev–Trinajstić information content (AvgIpc) is 2.33. The maximum Gasteiger partial charge on any atom is 0.367 e. The van der Waals surface area contributed by atoms with E-state index in [2.05, 4.69) is 4.98 Å². The summed E-state index contributed by atoms with van der Waals surface area (Å²) in [5.41, 5.74) is 0. The monoisotopic (exact) mass is 205 g/mol. The topological polar surface area (TPSA) is 39.2 Å². The zero-order valence-corrected chi connectivity index (χ0v) is 8.33. The zero-order chi connectivity index (χ0) is 9.14. The van der Waals surface area contributed by atoms with Crippen molar-refractivity contribution in [3.63, 3.8) is 0 Å². The number of halogens is 1. The minimum Gasteiger partial charge on any atom is -0.461 e. The van der Waals surface area contributed by atoms with Crippen molar-refractivity contribution in [1.82, 2.24) is 4.98 Å². The molecule has 0 bridgehead atoms. The Kier molecular flexibility index (Phi) is 3.05. The van der Waals surface area contributed by atoms with Gasteiger partial charge in [-0.15, -0.1) is 11.3 Å². The van der Waals surface area contributed by atoms with E-state index in [4.69, 9.17) is 16.3 Å². The highest BCUT2D eigenvalue weighted by molar-refractivity contribution is 7.14. The Balaban J connectivity index is 2.82. The van der Waals surface area contributed by atoms with Gasteiger partial charge in [-0.1, -0.05) is 11.6 Å². The van der Waals surface area contributed by atoms with Gasteiger partial charge < -0.3 is 4.74 Å². The van der Waals surface area contributed by atoms with Crippen LogP contribution in [0.15, 0.2) is 0 Å². The van der Waals surface area contributed by atoms with Gasteiger partial charge in [-0.05, 0) is 13.8 Å². The lowest BCUT2D eigenvalue weighted by molar-refractivity contribution is 0.0526. The Hall–Kier alpha value is -0.610. The summed E-state index contributed by atoms with van der Waals surface area (Å²) in [6.07, 6.45) is 0. The molecule has 0 amide bonds. The van der Waals surface area contributed by atoms with Crippen LogP contribution in [0.25, 0.3) is 0 Å². The molecule has 1 aromatic rings. The molecule has 0 fully saturated rings. The van der Waals surface area contributed by atoms with Crippen molar-refractivity contribution < 1.29 is 9.53 Å². The van der Waals surface area contributed by atoms with Crippen LogP contribution in [0.3, 0.4) is 0 Å². The summed E-state index contributed by atoms with van der Waals surface area (Å²) in [4.78, 5) is 15.7. The van der Waals surface area contributed by atoms with Crippen LogP contribution in [-0.4, -0.2) is 17.6 Å². The summed E-state index contributed by atoms with van der Waals surface area (Å²) in [7, 11) is 0. The largest absolute Gasteiger partial charge is 0.461 e. The highest BCUT2D eigenvalue weighted by atomic mass is 35.5. The van der Waals surface area contributed by atoms with E-state index in [0.29, 0.717) is 16.8 Å². The van der Waals surface area contributed by atoms with E-state index >= 15 is 0 Å². The lowest BCUT2D eigenvalue weighted by Gasteiger charge is -1.94. The van der Waals surface area contributed by atoms with Crippen LogP contribution in [-0.2, 0) is 4.74 Å². The molecular weight excluding hydrogens is 198 g/mol. The van der Waals surface area contributed by atoms with Crippen LogP contribution in [0.4, 0.5) is 0 Å². The Morgan fingerprint density at radius 3 is 2.83 bits per heavy atom. The van der Waals surface area contributed by atoms with Crippen LogP contribution in [0.2, 0.25) is 5.15 Å². The highest BCUT2D eigenvalue weighted by Gasteiger charge is 2.13. The van der Waals surface area contributed by atoms with Crippen LogP contribution in [0.1, 0.15) is 21.6 Å². The molecule has 0 saturated carbocycles. The molecule has 1 aromatic heterocycles. The van der Waals surface area contributed by atoms with Crippen LogP contribution in [0, 0.1) is 6.92 Å². The van der Waals surface area contributed by atoms with Gasteiger partial charge >= 0.3 is 5.97 Å². The summed E-state index contributed by atoms with van der Waals surface area (Å²) in [6.45, 7) is 3.91. The Morgan fingerprint density at radius 1 is 1.75 bits per heavy atom. The number of carbonyl (C=O) groups is 1. The third-order valence-corrected chi connectivity index (χ3v) is 2.62. The first-order chi connectivity index (χ1) is 5.65. The SMILES string of the molecule is CCOC(=O)c1nc(Cl)c(C)s1. The van der Waals surface area contributed by atoms with E-state index in [1.54, 1.807) is 6.92 Å². The molecule has 0 atom stereocenters. The highest BCUT2D eigenvalue weighted by Crippen LogP contribution is 2.21. The molecule has 0 spiro atoms. The van der Waals surface area contributed by atoms with E-state index in [9.17, 15) is 4.79 Å². The van der Waals surface area contributed by atoms with E-state index in [1.807, 2.05) is 6.92 Å². The number of aromatic nitrogens is 1. The predicted molar refractivity (Wildman–Crippen MR) is 47.8 cm³/mol. The second kappa shape index (κ2) is 3.87. The van der Waals surface area contributed by atoms with Gasteiger partial charge in [0.05, 0.1) is 6.61 Å². The molecule has 0 N–H and O–H groups in total. The van der Waals surface area contributed by atoms with E-state index < -0.39 is 5.97 Å². The lowest BCUT2D eigenvalue weighted by Crippen LogP contribution is -2.03. The molecule has 0 aliphatic carbocycles. The van der Waals surface area contributed by atoms with E-state index in [0.717, 1.165) is 4.88 Å². The number of hydrogen-bond acceptors (Lipinski definition) is 4. The first kappa shape index (κ1) is 9.48. The number of esters is 1. The fourth-order valence-corrected chi connectivity index (χ4v) is 1.61. The zero-order valence-electron chi connectivity index (χ0n) is 6.76. The molecule has 3 nitrogen and oxygen atoms in total. The molecule has 1 rings (SSSR count). The number of thiazole rings is 1. The second-order valence-electron chi connectivity index (χ2n) is 2.09. The first-order valence-electron chi connectivity index (χ1n) is 3.45. The Bertz CT molecular complexity index is 278.